The van der Waals surface area contributed by atoms with E-state index in [1.807, 2.05) is 26.0 Å². The Morgan fingerprint density at radius 1 is 1.21 bits per heavy atom. The van der Waals surface area contributed by atoms with Crippen LogP contribution in [0.25, 0.3) is 11.6 Å². The highest BCUT2D eigenvalue weighted by atomic mass is 16.3. The molecule has 0 amide bonds. The molecular formula is C15H21N3O. The molecule has 0 fully saturated rings. The van der Waals surface area contributed by atoms with E-state index < -0.39 is 0 Å². The molecule has 0 spiro atoms. The summed E-state index contributed by atoms with van der Waals surface area (Å²) in [5.41, 5.74) is 3.06. The van der Waals surface area contributed by atoms with Crippen LogP contribution in [0, 0.1) is 13.8 Å². The number of nitrogens with one attached hydrogen (secondary N) is 1. The van der Waals surface area contributed by atoms with Crippen molar-refractivity contribution in [3.05, 3.63) is 35.3 Å². The second kappa shape index (κ2) is 5.13. The van der Waals surface area contributed by atoms with Gasteiger partial charge in [-0.3, -0.25) is 0 Å². The van der Waals surface area contributed by atoms with Crippen LogP contribution < -0.4 is 5.32 Å². The highest BCUT2D eigenvalue weighted by Crippen LogP contribution is 2.21. The van der Waals surface area contributed by atoms with E-state index in [-0.39, 0.29) is 5.54 Å². The standard InChI is InChI=1S/C15H21N3O/c1-10-6-7-19-13(10)14-17-11(2)8-12(18-14)9-16-15(3,4)5/h6-8,16H,9H2,1-5H3. The molecule has 2 heterocycles. The molecule has 0 atom stereocenters. The topological polar surface area (TPSA) is 51.0 Å². The lowest BCUT2D eigenvalue weighted by atomic mass is 10.1. The van der Waals surface area contributed by atoms with Gasteiger partial charge >= 0.3 is 0 Å². The number of hydrogen-bond acceptors (Lipinski definition) is 4. The Kier molecular flexibility index (Phi) is 3.71. The van der Waals surface area contributed by atoms with Crippen LogP contribution in [0.3, 0.4) is 0 Å². The third kappa shape index (κ3) is 3.64. The summed E-state index contributed by atoms with van der Waals surface area (Å²) < 4.78 is 5.46. The number of furan rings is 1. The van der Waals surface area contributed by atoms with Gasteiger partial charge in [0.2, 0.25) is 0 Å². The fraction of sp³-hybridized carbons (Fsp3) is 0.467. The van der Waals surface area contributed by atoms with E-state index in [0.29, 0.717) is 5.82 Å². The molecule has 0 aliphatic heterocycles. The molecule has 0 radical (unpaired) electrons. The maximum atomic E-state index is 5.46. The second-order valence-corrected chi connectivity index (χ2v) is 5.86. The molecule has 19 heavy (non-hydrogen) atoms. The predicted octanol–water partition coefficient (Wildman–Crippen LogP) is 3.24. The smallest absolute Gasteiger partial charge is 0.196 e. The first kappa shape index (κ1) is 13.7. The third-order valence-corrected chi connectivity index (χ3v) is 2.77. The number of hydrogen-bond donors (Lipinski definition) is 1. The van der Waals surface area contributed by atoms with E-state index in [9.17, 15) is 0 Å². The average molecular weight is 259 g/mol. The number of aryl methyl sites for hydroxylation is 2. The summed E-state index contributed by atoms with van der Waals surface area (Å²) in [6.07, 6.45) is 1.67. The van der Waals surface area contributed by atoms with Crippen LogP contribution in [0.15, 0.2) is 22.8 Å². The maximum Gasteiger partial charge on any atom is 0.196 e. The largest absolute Gasteiger partial charge is 0.461 e. The second-order valence-electron chi connectivity index (χ2n) is 5.86. The van der Waals surface area contributed by atoms with Gasteiger partial charge in [-0.1, -0.05) is 0 Å². The molecule has 102 valence electrons. The molecule has 4 nitrogen and oxygen atoms in total. The minimum atomic E-state index is 0.0691. The fourth-order valence-corrected chi connectivity index (χ4v) is 1.78. The van der Waals surface area contributed by atoms with Crippen molar-refractivity contribution in [1.29, 1.82) is 0 Å². The van der Waals surface area contributed by atoms with Gasteiger partial charge in [0.1, 0.15) is 0 Å². The van der Waals surface area contributed by atoms with Gasteiger partial charge in [0.05, 0.1) is 12.0 Å². The molecule has 0 bridgehead atoms. The van der Waals surface area contributed by atoms with E-state index in [0.717, 1.165) is 29.3 Å². The quantitative estimate of drug-likeness (QED) is 0.919. The van der Waals surface area contributed by atoms with Crippen LogP contribution in [0.5, 0.6) is 0 Å². The molecule has 4 heteroatoms. The summed E-state index contributed by atoms with van der Waals surface area (Å²) in [5, 5.41) is 3.43. The number of aromatic nitrogens is 2. The molecule has 1 N–H and O–H groups in total. The predicted molar refractivity (Wildman–Crippen MR) is 75.8 cm³/mol. The summed E-state index contributed by atoms with van der Waals surface area (Å²) in [7, 11) is 0. The molecule has 2 aromatic heterocycles. The van der Waals surface area contributed by atoms with Crippen molar-refractivity contribution >= 4 is 0 Å². The molecule has 0 aliphatic rings. The first-order valence-electron chi connectivity index (χ1n) is 6.49. The zero-order chi connectivity index (χ0) is 14.0. The lowest BCUT2D eigenvalue weighted by Gasteiger charge is -2.20. The average Bonchev–Trinajstić information content (AvgIpc) is 2.71. The Morgan fingerprint density at radius 2 is 1.95 bits per heavy atom. The molecule has 2 aromatic rings. The van der Waals surface area contributed by atoms with Crippen LogP contribution in [0.1, 0.15) is 37.7 Å². The Balaban J connectivity index is 2.28. The van der Waals surface area contributed by atoms with Crippen LogP contribution in [0.2, 0.25) is 0 Å². The first-order chi connectivity index (χ1) is 8.85. The molecule has 0 saturated carbocycles. The van der Waals surface area contributed by atoms with Gasteiger partial charge in [0, 0.05) is 17.8 Å². The lowest BCUT2D eigenvalue weighted by Crippen LogP contribution is -2.35. The zero-order valence-electron chi connectivity index (χ0n) is 12.2. The van der Waals surface area contributed by atoms with Gasteiger partial charge < -0.3 is 9.73 Å². The summed E-state index contributed by atoms with van der Waals surface area (Å²) in [6, 6.07) is 3.93. The van der Waals surface area contributed by atoms with Gasteiger partial charge in [-0.05, 0) is 52.3 Å². The normalized spacial score (nSPS) is 11.8. The van der Waals surface area contributed by atoms with Gasteiger partial charge in [-0.15, -0.1) is 0 Å². The Morgan fingerprint density at radius 3 is 2.53 bits per heavy atom. The van der Waals surface area contributed by atoms with Gasteiger partial charge in [0.25, 0.3) is 0 Å². The first-order valence-corrected chi connectivity index (χ1v) is 6.49. The van der Waals surface area contributed by atoms with Crippen molar-refractivity contribution in [1.82, 2.24) is 15.3 Å². The van der Waals surface area contributed by atoms with E-state index in [2.05, 4.69) is 36.1 Å². The van der Waals surface area contributed by atoms with Crippen molar-refractivity contribution in [2.24, 2.45) is 0 Å². The maximum absolute atomic E-state index is 5.46. The van der Waals surface area contributed by atoms with E-state index >= 15 is 0 Å². The summed E-state index contributed by atoms with van der Waals surface area (Å²) in [5.74, 6) is 1.41. The van der Waals surface area contributed by atoms with Crippen molar-refractivity contribution in [3.8, 4) is 11.6 Å². The van der Waals surface area contributed by atoms with Crippen molar-refractivity contribution in [3.63, 3.8) is 0 Å². The summed E-state index contributed by atoms with van der Waals surface area (Å²) in [6.45, 7) is 11.1. The van der Waals surface area contributed by atoms with E-state index in [1.54, 1.807) is 6.26 Å². The minimum Gasteiger partial charge on any atom is -0.461 e. The summed E-state index contributed by atoms with van der Waals surface area (Å²) >= 11 is 0. The van der Waals surface area contributed by atoms with Crippen LogP contribution >= 0.6 is 0 Å². The van der Waals surface area contributed by atoms with E-state index in [4.69, 9.17) is 4.42 Å². The van der Waals surface area contributed by atoms with Gasteiger partial charge in [-0.2, -0.15) is 0 Å². The van der Waals surface area contributed by atoms with Gasteiger partial charge in [-0.25, -0.2) is 9.97 Å². The van der Waals surface area contributed by atoms with E-state index in [1.165, 1.54) is 0 Å². The summed E-state index contributed by atoms with van der Waals surface area (Å²) in [4.78, 5) is 9.02. The van der Waals surface area contributed by atoms with Crippen molar-refractivity contribution in [2.75, 3.05) is 0 Å². The third-order valence-electron chi connectivity index (χ3n) is 2.77. The fourth-order valence-electron chi connectivity index (χ4n) is 1.78. The molecule has 0 unspecified atom stereocenters. The molecule has 0 aromatic carbocycles. The van der Waals surface area contributed by atoms with Gasteiger partial charge in [0.15, 0.2) is 11.6 Å². The van der Waals surface area contributed by atoms with Crippen molar-refractivity contribution in [2.45, 2.75) is 46.7 Å². The van der Waals surface area contributed by atoms with Crippen LogP contribution in [0.4, 0.5) is 0 Å². The zero-order valence-corrected chi connectivity index (χ0v) is 12.2. The molecule has 0 saturated heterocycles. The molecular weight excluding hydrogens is 238 g/mol. The van der Waals surface area contributed by atoms with Crippen LogP contribution in [-0.4, -0.2) is 15.5 Å². The Bertz CT molecular complexity index is 567. The SMILES string of the molecule is Cc1cc(CNC(C)(C)C)nc(-c2occc2C)n1. The Hall–Kier alpha value is -1.68. The van der Waals surface area contributed by atoms with Crippen molar-refractivity contribution < 1.29 is 4.42 Å². The highest BCUT2D eigenvalue weighted by molar-refractivity contribution is 5.52. The lowest BCUT2D eigenvalue weighted by molar-refractivity contribution is 0.421. The highest BCUT2D eigenvalue weighted by Gasteiger charge is 2.13. The number of nitrogens with zero attached hydrogens (tertiary/aromatic N) is 2. The molecule has 2 rings (SSSR count). The monoisotopic (exact) mass is 259 g/mol. The van der Waals surface area contributed by atoms with Crippen LogP contribution in [-0.2, 0) is 6.54 Å². The molecule has 0 aliphatic carbocycles. The Labute approximate surface area is 114 Å². The number of rotatable bonds is 3. The minimum absolute atomic E-state index is 0.0691.